The minimum atomic E-state index is -0.836. The van der Waals surface area contributed by atoms with E-state index < -0.39 is 11.4 Å². The van der Waals surface area contributed by atoms with E-state index in [1.165, 1.54) is 0 Å². The number of hydrogen-bond donors (Lipinski definition) is 2. The first kappa shape index (κ1) is 8.04. The molecule has 1 rings (SSSR count). The summed E-state index contributed by atoms with van der Waals surface area (Å²) >= 11 is 0. The molecule has 4 nitrogen and oxygen atoms in total. The molecule has 11 heavy (non-hydrogen) atoms. The average molecular weight is 157 g/mol. The molecule has 0 aromatic rings. The molecule has 0 aromatic carbocycles. The van der Waals surface area contributed by atoms with E-state index in [2.05, 4.69) is 5.32 Å². The van der Waals surface area contributed by atoms with Crippen LogP contribution in [0.4, 0.5) is 0 Å². The van der Waals surface area contributed by atoms with Crippen molar-refractivity contribution in [3.63, 3.8) is 0 Å². The number of aliphatic carboxylic acids is 1. The standard InChI is InChI=1S/C7H11NO3/c1-7(6(10)11)3-2-5(9)8-4-7/h2-4H2,1H3,(H,8,9)(H,10,11). The van der Waals surface area contributed by atoms with Crippen molar-refractivity contribution in [1.29, 1.82) is 0 Å². The number of amides is 1. The molecular formula is C7H11NO3. The molecule has 1 heterocycles. The fraction of sp³-hybridized carbons (Fsp3) is 0.714. The fourth-order valence-electron chi connectivity index (χ4n) is 1.04. The Morgan fingerprint density at radius 1 is 1.73 bits per heavy atom. The number of piperidine rings is 1. The lowest BCUT2D eigenvalue weighted by molar-refractivity contribution is -0.150. The Hall–Kier alpha value is -1.06. The molecule has 4 heteroatoms. The maximum Gasteiger partial charge on any atom is 0.311 e. The number of nitrogens with one attached hydrogen (secondary N) is 1. The van der Waals surface area contributed by atoms with Crippen molar-refractivity contribution < 1.29 is 14.7 Å². The molecule has 1 amide bonds. The summed E-state index contributed by atoms with van der Waals surface area (Å²) in [5.74, 6) is -0.888. The second-order valence-electron chi connectivity index (χ2n) is 3.14. The second-order valence-corrected chi connectivity index (χ2v) is 3.14. The maximum absolute atomic E-state index is 10.7. The van der Waals surface area contributed by atoms with Crippen LogP contribution in [0.5, 0.6) is 0 Å². The van der Waals surface area contributed by atoms with Gasteiger partial charge in [-0.05, 0) is 13.3 Å². The van der Waals surface area contributed by atoms with Gasteiger partial charge in [0.25, 0.3) is 0 Å². The zero-order valence-corrected chi connectivity index (χ0v) is 6.39. The fourth-order valence-corrected chi connectivity index (χ4v) is 1.04. The van der Waals surface area contributed by atoms with Crippen molar-refractivity contribution in [1.82, 2.24) is 5.32 Å². The van der Waals surface area contributed by atoms with Gasteiger partial charge in [0, 0.05) is 13.0 Å². The predicted octanol–water partition coefficient (Wildman–Crippen LogP) is -0.0127. The largest absolute Gasteiger partial charge is 0.481 e. The van der Waals surface area contributed by atoms with E-state index in [0.717, 1.165) is 0 Å². The Bertz CT molecular complexity index is 190. The molecule has 0 radical (unpaired) electrons. The summed E-state index contributed by atoms with van der Waals surface area (Å²) in [6.45, 7) is 1.90. The van der Waals surface area contributed by atoms with E-state index in [0.29, 0.717) is 12.8 Å². The van der Waals surface area contributed by atoms with E-state index in [9.17, 15) is 9.59 Å². The molecular weight excluding hydrogens is 146 g/mol. The van der Waals surface area contributed by atoms with Crippen molar-refractivity contribution in [3.05, 3.63) is 0 Å². The van der Waals surface area contributed by atoms with Gasteiger partial charge in [0.15, 0.2) is 0 Å². The van der Waals surface area contributed by atoms with Crippen LogP contribution < -0.4 is 5.32 Å². The Balaban J connectivity index is 2.62. The quantitative estimate of drug-likeness (QED) is 0.562. The molecule has 1 unspecified atom stereocenters. The highest BCUT2D eigenvalue weighted by Crippen LogP contribution is 2.25. The molecule has 2 N–H and O–H groups in total. The van der Waals surface area contributed by atoms with Crippen LogP contribution in [-0.2, 0) is 9.59 Å². The average Bonchev–Trinajstić information content (AvgIpc) is 1.95. The molecule has 1 fully saturated rings. The van der Waals surface area contributed by atoms with Gasteiger partial charge in [0.05, 0.1) is 5.41 Å². The van der Waals surface area contributed by atoms with Crippen molar-refractivity contribution in [3.8, 4) is 0 Å². The van der Waals surface area contributed by atoms with Crippen LogP contribution in [0.25, 0.3) is 0 Å². The zero-order chi connectivity index (χ0) is 8.48. The third-order valence-electron chi connectivity index (χ3n) is 2.10. The zero-order valence-electron chi connectivity index (χ0n) is 6.39. The van der Waals surface area contributed by atoms with Gasteiger partial charge in [0.1, 0.15) is 0 Å². The van der Waals surface area contributed by atoms with Crippen molar-refractivity contribution in [2.45, 2.75) is 19.8 Å². The number of hydrogen-bond acceptors (Lipinski definition) is 2. The van der Waals surface area contributed by atoms with Crippen LogP contribution in [0.3, 0.4) is 0 Å². The van der Waals surface area contributed by atoms with Crippen LogP contribution in [0.2, 0.25) is 0 Å². The van der Waals surface area contributed by atoms with Crippen LogP contribution in [0, 0.1) is 5.41 Å². The minimum Gasteiger partial charge on any atom is -0.481 e. The minimum absolute atomic E-state index is 0.0521. The maximum atomic E-state index is 10.7. The lowest BCUT2D eigenvalue weighted by Gasteiger charge is -2.28. The second kappa shape index (κ2) is 2.53. The summed E-state index contributed by atoms with van der Waals surface area (Å²) in [5, 5.41) is 11.3. The molecule has 1 aliphatic heterocycles. The van der Waals surface area contributed by atoms with Crippen molar-refractivity contribution in [2.24, 2.45) is 5.41 Å². The topological polar surface area (TPSA) is 66.4 Å². The summed E-state index contributed by atoms with van der Waals surface area (Å²) in [6, 6.07) is 0. The molecule has 62 valence electrons. The van der Waals surface area contributed by atoms with E-state index >= 15 is 0 Å². The first-order chi connectivity index (χ1) is 5.04. The highest BCUT2D eigenvalue weighted by atomic mass is 16.4. The van der Waals surface area contributed by atoms with Gasteiger partial charge in [-0.15, -0.1) is 0 Å². The van der Waals surface area contributed by atoms with Gasteiger partial charge < -0.3 is 10.4 Å². The lowest BCUT2D eigenvalue weighted by atomic mass is 9.83. The molecule has 1 aliphatic rings. The summed E-state index contributed by atoms with van der Waals surface area (Å²) in [4.78, 5) is 21.3. The Kier molecular flexibility index (Phi) is 1.85. The van der Waals surface area contributed by atoms with Crippen LogP contribution in [0.15, 0.2) is 0 Å². The number of carboxylic acids is 1. The van der Waals surface area contributed by atoms with Gasteiger partial charge >= 0.3 is 5.97 Å². The molecule has 0 aliphatic carbocycles. The third-order valence-corrected chi connectivity index (χ3v) is 2.10. The van der Waals surface area contributed by atoms with E-state index in [1.54, 1.807) is 6.92 Å². The highest BCUT2D eigenvalue weighted by Gasteiger charge is 2.36. The Morgan fingerprint density at radius 2 is 2.36 bits per heavy atom. The smallest absolute Gasteiger partial charge is 0.311 e. The summed E-state index contributed by atoms with van der Waals surface area (Å²) in [5.41, 5.74) is -0.756. The predicted molar refractivity (Wildman–Crippen MR) is 38.0 cm³/mol. The van der Waals surface area contributed by atoms with Gasteiger partial charge in [-0.25, -0.2) is 0 Å². The molecule has 0 spiro atoms. The first-order valence-electron chi connectivity index (χ1n) is 3.55. The third kappa shape index (κ3) is 1.50. The van der Waals surface area contributed by atoms with E-state index in [-0.39, 0.29) is 12.5 Å². The van der Waals surface area contributed by atoms with Gasteiger partial charge in [-0.2, -0.15) is 0 Å². The Morgan fingerprint density at radius 3 is 2.73 bits per heavy atom. The van der Waals surface area contributed by atoms with Gasteiger partial charge in [0.2, 0.25) is 5.91 Å². The SMILES string of the molecule is CC1(C(=O)O)CCC(=O)NC1. The van der Waals surface area contributed by atoms with Crippen molar-refractivity contribution in [2.75, 3.05) is 6.54 Å². The number of carbonyl (C=O) groups excluding carboxylic acids is 1. The molecule has 0 saturated carbocycles. The molecule has 0 bridgehead atoms. The lowest BCUT2D eigenvalue weighted by Crippen LogP contribution is -2.45. The summed E-state index contributed by atoms with van der Waals surface area (Å²) < 4.78 is 0. The van der Waals surface area contributed by atoms with E-state index in [1.807, 2.05) is 0 Å². The van der Waals surface area contributed by atoms with Gasteiger partial charge in [-0.3, -0.25) is 9.59 Å². The van der Waals surface area contributed by atoms with Crippen molar-refractivity contribution >= 4 is 11.9 Å². The molecule has 0 aromatic heterocycles. The molecule has 1 atom stereocenters. The summed E-state index contributed by atoms with van der Waals surface area (Å²) in [7, 11) is 0. The molecule has 1 saturated heterocycles. The highest BCUT2D eigenvalue weighted by molar-refractivity contribution is 5.82. The van der Waals surface area contributed by atoms with Gasteiger partial charge in [-0.1, -0.05) is 0 Å². The van der Waals surface area contributed by atoms with Crippen LogP contribution in [0.1, 0.15) is 19.8 Å². The summed E-state index contributed by atoms with van der Waals surface area (Å²) in [6.07, 6.45) is 0.761. The normalized spacial score (nSPS) is 31.2. The Labute approximate surface area is 64.6 Å². The number of rotatable bonds is 1. The van der Waals surface area contributed by atoms with Crippen LogP contribution in [-0.4, -0.2) is 23.5 Å². The number of carbonyl (C=O) groups is 2. The number of carboxylic acid groups (broad SMARTS) is 1. The first-order valence-corrected chi connectivity index (χ1v) is 3.55. The monoisotopic (exact) mass is 157 g/mol. The van der Waals surface area contributed by atoms with E-state index in [4.69, 9.17) is 5.11 Å². The van der Waals surface area contributed by atoms with Crippen LogP contribution >= 0.6 is 0 Å².